The number of aliphatic hydroxyl groups excluding tert-OH is 2. The summed E-state index contributed by atoms with van der Waals surface area (Å²) in [6, 6.07) is -1.03. The molecule has 0 aromatic heterocycles. The third kappa shape index (κ3) is 3.17. The lowest BCUT2D eigenvalue weighted by Crippen LogP contribution is -2.39. The first-order chi connectivity index (χ1) is 5.45. The largest absolute Gasteiger partial charge is 0.480 e. The second-order valence-corrected chi connectivity index (χ2v) is 3.28. The summed E-state index contributed by atoms with van der Waals surface area (Å²) >= 11 is 0. The predicted molar refractivity (Wildman–Crippen MR) is 42.5 cm³/mol. The Labute approximate surface area is 70.8 Å². The van der Waals surface area contributed by atoms with Gasteiger partial charge in [0.2, 0.25) is 0 Å². The van der Waals surface area contributed by atoms with Gasteiger partial charge in [0, 0.05) is 5.41 Å². The summed E-state index contributed by atoms with van der Waals surface area (Å²) in [5, 5.41) is 26.1. The molecule has 0 unspecified atom stereocenters. The molecule has 0 saturated carbocycles. The van der Waals surface area contributed by atoms with Gasteiger partial charge in [-0.25, -0.2) is 0 Å². The lowest BCUT2D eigenvalue weighted by atomic mass is 9.85. The van der Waals surface area contributed by atoms with Gasteiger partial charge < -0.3 is 21.1 Å². The van der Waals surface area contributed by atoms with Crippen LogP contribution < -0.4 is 5.73 Å². The van der Waals surface area contributed by atoms with Crippen molar-refractivity contribution in [3.8, 4) is 0 Å². The topological polar surface area (TPSA) is 104 Å². The molecule has 0 bridgehead atoms. The maximum absolute atomic E-state index is 10.3. The summed E-state index contributed by atoms with van der Waals surface area (Å²) in [6.07, 6.45) is 0.0648. The minimum Gasteiger partial charge on any atom is -0.480 e. The van der Waals surface area contributed by atoms with Gasteiger partial charge in [0.1, 0.15) is 6.04 Å². The number of hydrogen-bond donors (Lipinski definition) is 4. The molecule has 0 saturated heterocycles. The van der Waals surface area contributed by atoms with Gasteiger partial charge in [0.25, 0.3) is 0 Å². The zero-order valence-corrected chi connectivity index (χ0v) is 7.03. The number of aliphatic carboxylic acids is 1. The van der Waals surface area contributed by atoms with Crippen LogP contribution in [0.4, 0.5) is 0 Å². The first-order valence-corrected chi connectivity index (χ1v) is 3.65. The van der Waals surface area contributed by atoms with Gasteiger partial charge in [-0.1, -0.05) is 6.92 Å². The van der Waals surface area contributed by atoms with E-state index in [1.165, 1.54) is 0 Å². The Bertz CT molecular complexity index is 155. The van der Waals surface area contributed by atoms with Crippen LogP contribution in [-0.2, 0) is 4.79 Å². The van der Waals surface area contributed by atoms with Crippen molar-refractivity contribution < 1.29 is 20.1 Å². The van der Waals surface area contributed by atoms with E-state index in [1.807, 2.05) is 0 Å². The Morgan fingerprint density at radius 2 is 1.92 bits per heavy atom. The first kappa shape index (κ1) is 11.4. The molecule has 5 nitrogen and oxygen atoms in total. The average Bonchev–Trinajstić information content (AvgIpc) is 2.04. The van der Waals surface area contributed by atoms with Gasteiger partial charge >= 0.3 is 5.97 Å². The zero-order chi connectivity index (χ0) is 9.78. The van der Waals surface area contributed by atoms with Crippen LogP contribution in [0.15, 0.2) is 0 Å². The summed E-state index contributed by atoms with van der Waals surface area (Å²) in [6.45, 7) is 1.03. The van der Waals surface area contributed by atoms with Crippen LogP contribution in [0.2, 0.25) is 0 Å². The molecule has 12 heavy (non-hydrogen) atoms. The van der Waals surface area contributed by atoms with Gasteiger partial charge in [-0.2, -0.15) is 0 Å². The molecule has 0 heterocycles. The summed E-state index contributed by atoms with van der Waals surface area (Å²) in [7, 11) is 0. The summed E-state index contributed by atoms with van der Waals surface area (Å²) in [5.41, 5.74) is 4.42. The molecule has 72 valence electrons. The Balaban J connectivity index is 4.11. The van der Waals surface area contributed by atoms with Crippen LogP contribution in [0.3, 0.4) is 0 Å². The quantitative estimate of drug-likeness (QED) is 0.421. The zero-order valence-electron chi connectivity index (χ0n) is 7.03. The molecule has 0 aromatic carbocycles. The van der Waals surface area contributed by atoms with Gasteiger partial charge in [-0.05, 0) is 6.42 Å². The second-order valence-electron chi connectivity index (χ2n) is 3.28. The van der Waals surface area contributed by atoms with Gasteiger partial charge in [0.15, 0.2) is 0 Å². The molecule has 0 aromatic rings. The maximum atomic E-state index is 10.3. The lowest BCUT2D eigenvalue weighted by Gasteiger charge is -2.25. The molecule has 1 atom stereocenters. The van der Waals surface area contributed by atoms with E-state index in [4.69, 9.17) is 21.1 Å². The van der Waals surface area contributed by atoms with E-state index in [9.17, 15) is 4.79 Å². The van der Waals surface area contributed by atoms with Crippen molar-refractivity contribution in [3.05, 3.63) is 0 Å². The maximum Gasteiger partial charge on any atom is 0.320 e. The SMILES string of the molecule is CC(CO)(CO)C[C@H](N)C(=O)O. The van der Waals surface area contributed by atoms with Gasteiger partial charge in [-0.3, -0.25) is 4.79 Å². The molecule has 0 radical (unpaired) electrons. The molecule has 0 aliphatic carbocycles. The average molecular weight is 177 g/mol. The minimum absolute atomic E-state index is 0.0648. The third-order valence-corrected chi connectivity index (χ3v) is 1.79. The van der Waals surface area contributed by atoms with E-state index >= 15 is 0 Å². The molecular weight excluding hydrogens is 162 g/mol. The van der Waals surface area contributed by atoms with Gasteiger partial charge in [-0.15, -0.1) is 0 Å². The standard InChI is InChI=1S/C7H15NO4/c1-7(3-9,4-10)2-5(8)6(11)12/h5,9-10H,2-4,8H2,1H3,(H,11,12)/t5-/m0/s1. The molecular formula is C7H15NO4. The van der Waals surface area contributed by atoms with E-state index in [1.54, 1.807) is 6.92 Å². The van der Waals surface area contributed by atoms with Crippen molar-refractivity contribution in [2.75, 3.05) is 13.2 Å². The van der Waals surface area contributed by atoms with Crippen molar-refractivity contribution in [3.63, 3.8) is 0 Å². The van der Waals surface area contributed by atoms with E-state index in [-0.39, 0.29) is 19.6 Å². The minimum atomic E-state index is -1.12. The number of hydrogen-bond acceptors (Lipinski definition) is 4. The third-order valence-electron chi connectivity index (χ3n) is 1.79. The van der Waals surface area contributed by atoms with Crippen LogP contribution in [-0.4, -0.2) is 40.5 Å². The molecule has 5 heteroatoms. The van der Waals surface area contributed by atoms with E-state index in [2.05, 4.69) is 0 Å². The second kappa shape index (κ2) is 4.39. The van der Waals surface area contributed by atoms with Crippen LogP contribution in [0, 0.1) is 5.41 Å². The highest BCUT2D eigenvalue weighted by Crippen LogP contribution is 2.20. The Hall–Kier alpha value is -0.650. The number of carboxylic acid groups (broad SMARTS) is 1. The molecule has 0 aliphatic rings. The fourth-order valence-electron chi connectivity index (χ4n) is 0.797. The molecule has 0 amide bonds. The number of carboxylic acids is 1. The highest BCUT2D eigenvalue weighted by atomic mass is 16.4. The lowest BCUT2D eigenvalue weighted by molar-refractivity contribution is -0.139. The van der Waals surface area contributed by atoms with Crippen molar-refractivity contribution >= 4 is 5.97 Å². The number of rotatable bonds is 5. The van der Waals surface area contributed by atoms with Crippen LogP contribution in [0.1, 0.15) is 13.3 Å². The summed E-state index contributed by atoms with van der Waals surface area (Å²) in [5.74, 6) is -1.12. The van der Waals surface area contributed by atoms with Crippen LogP contribution >= 0.6 is 0 Å². The monoisotopic (exact) mass is 177 g/mol. The molecule has 0 aliphatic heterocycles. The fourth-order valence-corrected chi connectivity index (χ4v) is 0.797. The van der Waals surface area contributed by atoms with Crippen molar-refractivity contribution in [1.29, 1.82) is 0 Å². The summed E-state index contributed by atoms with van der Waals surface area (Å²) in [4.78, 5) is 10.3. The van der Waals surface area contributed by atoms with Crippen molar-refractivity contribution in [2.24, 2.45) is 11.1 Å². The Morgan fingerprint density at radius 3 is 2.17 bits per heavy atom. The number of carbonyl (C=O) groups is 1. The number of aliphatic hydroxyl groups is 2. The van der Waals surface area contributed by atoms with Crippen molar-refractivity contribution in [2.45, 2.75) is 19.4 Å². The highest BCUT2D eigenvalue weighted by molar-refractivity contribution is 5.73. The fraction of sp³-hybridized carbons (Fsp3) is 0.857. The normalized spacial score (nSPS) is 14.3. The van der Waals surface area contributed by atoms with Crippen molar-refractivity contribution in [1.82, 2.24) is 0 Å². The first-order valence-electron chi connectivity index (χ1n) is 3.65. The summed E-state index contributed by atoms with van der Waals surface area (Å²) < 4.78 is 0. The van der Waals surface area contributed by atoms with E-state index < -0.39 is 17.4 Å². The Kier molecular flexibility index (Phi) is 4.16. The van der Waals surface area contributed by atoms with E-state index in [0.29, 0.717) is 0 Å². The molecule has 0 rings (SSSR count). The molecule has 0 fully saturated rings. The van der Waals surface area contributed by atoms with Crippen LogP contribution in [0.25, 0.3) is 0 Å². The molecule has 5 N–H and O–H groups in total. The smallest absolute Gasteiger partial charge is 0.320 e. The molecule has 0 spiro atoms. The van der Waals surface area contributed by atoms with Gasteiger partial charge in [0.05, 0.1) is 13.2 Å². The highest BCUT2D eigenvalue weighted by Gasteiger charge is 2.28. The van der Waals surface area contributed by atoms with E-state index in [0.717, 1.165) is 0 Å². The number of nitrogens with two attached hydrogens (primary N) is 1. The predicted octanol–water partition coefficient (Wildman–Crippen LogP) is -1.22. The Morgan fingerprint density at radius 1 is 1.50 bits per heavy atom. The van der Waals surface area contributed by atoms with Crippen LogP contribution in [0.5, 0.6) is 0 Å².